The zero-order valence-corrected chi connectivity index (χ0v) is 10.9. The molecule has 2 N–H and O–H groups in total. The van der Waals surface area contributed by atoms with Gasteiger partial charge in [-0.1, -0.05) is 0 Å². The van der Waals surface area contributed by atoms with E-state index < -0.39 is 24.1 Å². The van der Waals surface area contributed by atoms with Crippen LogP contribution in [-0.4, -0.2) is 61.7 Å². The van der Waals surface area contributed by atoms with Crippen molar-refractivity contribution in [2.24, 2.45) is 0 Å². The number of aliphatic hydroxyl groups excluding tert-OH is 2. The van der Waals surface area contributed by atoms with Crippen LogP contribution in [-0.2, 0) is 9.59 Å². The monoisotopic (exact) mass is 358 g/mol. The molecule has 11 heavy (non-hydrogen) atoms. The van der Waals surface area contributed by atoms with Gasteiger partial charge in [0.25, 0.3) is 0 Å². The normalized spacial score (nSPS) is 14.4. The Morgan fingerprint density at radius 2 is 1.18 bits per heavy atom. The number of aliphatic hydroxyl groups is 2. The summed E-state index contributed by atoms with van der Waals surface area (Å²) in [4.78, 5) is 19.3. The molecule has 2 atom stereocenters. The third-order valence-corrected chi connectivity index (χ3v) is 0.782. The van der Waals surface area contributed by atoms with Gasteiger partial charge in [-0.05, 0) is 0 Å². The molecule has 0 unspecified atom stereocenters. The van der Waals surface area contributed by atoms with Crippen molar-refractivity contribution in [3.63, 3.8) is 0 Å². The Hall–Kier alpha value is -0.218. The molecule has 0 aliphatic rings. The zero-order chi connectivity index (χ0) is 8.31. The summed E-state index contributed by atoms with van der Waals surface area (Å²) in [5, 5.41) is 35.7. The first-order valence-electron chi connectivity index (χ1n) is 2.24. The van der Waals surface area contributed by atoms with E-state index in [0.29, 0.717) is 0 Å². The fourth-order valence-corrected chi connectivity index (χ4v) is 0.258. The summed E-state index contributed by atoms with van der Waals surface area (Å²) >= 11 is 0. The van der Waals surface area contributed by atoms with Gasteiger partial charge >= 0.3 is 27.3 Å². The molecule has 0 aliphatic heterocycles. The van der Waals surface area contributed by atoms with Gasteiger partial charge < -0.3 is 30.0 Å². The Morgan fingerprint density at radius 3 is 1.27 bits per heavy atom. The van der Waals surface area contributed by atoms with Gasteiger partial charge in [0.2, 0.25) is 0 Å². The van der Waals surface area contributed by atoms with Crippen molar-refractivity contribution in [1.82, 2.24) is 0 Å². The molecule has 7 heteroatoms. The third kappa shape index (κ3) is 4.27. The maximum atomic E-state index is 9.63. The SMILES string of the molecule is O=C([O-])[C@H](O)[C@@H](O)C(=O)[O-].[PbH2+2]. The van der Waals surface area contributed by atoms with Crippen LogP contribution < -0.4 is 10.2 Å². The summed E-state index contributed by atoms with van der Waals surface area (Å²) < 4.78 is 0. The molecule has 0 radical (unpaired) electrons. The topological polar surface area (TPSA) is 121 Å². The predicted octanol–water partition coefficient (Wildman–Crippen LogP) is -5.71. The van der Waals surface area contributed by atoms with E-state index in [9.17, 15) is 19.8 Å². The van der Waals surface area contributed by atoms with Crippen LogP contribution in [0.3, 0.4) is 0 Å². The van der Waals surface area contributed by atoms with E-state index >= 15 is 0 Å². The summed E-state index contributed by atoms with van der Waals surface area (Å²) in [6.07, 6.45) is -4.88. The number of carboxylic acids is 2. The van der Waals surface area contributed by atoms with Crippen molar-refractivity contribution < 1.29 is 30.0 Å². The molecule has 0 fully saturated rings. The molecular weight excluding hydrogens is 351 g/mol. The number of carbonyl (C=O) groups excluding carboxylic acids is 2. The first kappa shape index (κ1) is 13.4. The molecule has 62 valence electrons. The van der Waals surface area contributed by atoms with Gasteiger partial charge in [0.1, 0.15) is 12.2 Å². The molecular formula is C4H6O6Pb. The van der Waals surface area contributed by atoms with Crippen LogP contribution in [0.25, 0.3) is 0 Å². The van der Waals surface area contributed by atoms with E-state index in [4.69, 9.17) is 10.2 Å². The van der Waals surface area contributed by atoms with Crippen LogP contribution in [0.5, 0.6) is 0 Å². The number of hydrogen-bond donors (Lipinski definition) is 2. The quantitative estimate of drug-likeness (QED) is 0.486. The summed E-state index contributed by atoms with van der Waals surface area (Å²) in [6, 6.07) is 0. The minimum atomic E-state index is -2.44. The number of carboxylic acid groups (broad SMARTS) is 2. The van der Waals surface area contributed by atoms with Gasteiger partial charge in [-0.25, -0.2) is 0 Å². The molecule has 0 aromatic rings. The van der Waals surface area contributed by atoms with Gasteiger partial charge in [-0.15, -0.1) is 0 Å². The third-order valence-electron chi connectivity index (χ3n) is 0.782. The fourth-order valence-electron chi connectivity index (χ4n) is 0.258. The molecule has 6 nitrogen and oxygen atoms in total. The van der Waals surface area contributed by atoms with E-state index in [1.54, 1.807) is 0 Å². The van der Waals surface area contributed by atoms with Crippen molar-refractivity contribution in [1.29, 1.82) is 0 Å². The number of rotatable bonds is 3. The van der Waals surface area contributed by atoms with Crippen LogP contribution in [0.1, 0.15) is 0 Å². The van der Waals surface area contributed by atoms with E-state index in [2.05, 4.69) is 0 Å². The van der Waals surface area contributed by atoms with Crippen molar-refractivity contribution in [2.75, 3.05) is 0 Å². The van der Waals surface area contributed by atoms with Gasteiger partial charge in [0, 0.05) is 0 Å². The average Bonchev–Trinajstić information content (AvgIpc) is 1.84. The number of hydrogen-bond acceptors (Lipinski definition) is 6. The molecule has 0 aromatic carbocycles. The van der Waals surface area contributed by atoms with Crippen LogP contribution >= 0.6 is 0 Å². The van der Waals surface area contributed by atoms with E-state index in [0.717, 1.165) is 0 Å². The van der Waals surface area contributed by atoms with Gasteiger partial charge in [0.15, 0.2) is 0 Å². The van der Waals surface area contributed by atoms with Crippen LogP contribution in [0.4, 0.5) is 0 Å². The van der Waals surface area contributed by atoms with E-state index in [1.807, 2.05) is 0 Å². The van der Waals surface area contributed by atoms with E-state index in [1.165, 1.54) is 0 Å². The van der Waals surface area contributed by atoms with Crippen molar-refractivity contribution in [3.05, 3.63) is 0 Å². The van der Waals surface area contributed by atoms with E-state index in [-0.39, 0.29) is 27.3 Å². The standard InChI is InChI=1S/C4H6O6.Pb.2H/c5-1(3(7)8)2(6)4(9)10;;;/h1-2,5-6H,(H,7,8)(H,9,10);;;/q;+2;;/p-2/t1-,2-;;;/m1.../s1. The molecule has 0 heterocycles. The molecule has 0 bridgehead atoms. The Kier molecular flexibility index (Phi) is 6.61. The van der Waals surface area contributed by atoms with Crippen LogP contribution in [0, 0.1) is 0 Å². The van der Waals surface area contributed by atoms with Crippen molar-refractivity contribution in [3.8, 4) is 0 Å². The molecule has 0 saturated carbocycles. The fraction of sp³-hybridized carbons (Fsp3) is 0.500. The Morgan fingerprint density at radius 1 is 1.00 bits per heavy atom. The summed E-state index contributed by atoms with van der Waals surface area (Å²) in [6.45, 7) is 0. The van der Waals surface area contributed by atoms with Gasteiger partial charge in [-0.2, -0.15) is 0 Å². The Labute approximate surface area is 81.6 Å². The Balaban J connectivity index is 0. The number of carbonyl (C=O) groups is 2. The van der Waals surface area contributed by atoms with Crippen LogP contribution in [0.2, 0.25) is 0 Å². The first-order valence-corrected chi connectivity index (χ1v) is 2.24. The molecule has 0 rings (SSSR count). The van der Waals surface area contributed by atoms with Crippen molar-refractivity contribution >= 4 is 39.2 Å². The second-order valence-corrected chi connectivity index (χ2v) is 1.53. The molecule has 0 spiro atoms. The maximum absolute atomic E-state index is 9.63. The molecule has 0 amide bonds. The summed E-state index contributed by atoms with van der Waals surface area (Å²) in [5.74, 6) is -4.12. The molecule has 0 aromatic heterocycles. The Bertz CT molecular complexity index is 139. The van der Waals surface area contributed by atoms with Gasteiger partial charge in [-0.3, -0.25) is 0 Å². The second kappa shape index (κ2) is 5.43. The predicted molar refractivity (Wildman–Crippen MR) is 30.6 cm³/mol. The van der Waals surface area contributed by atoms with Crippen LogP contribution in [0.15, 0.2) is 0 Å². The average molecular weight is 357 g/mol. The number of aliphatic carboxylic acids is 2. The first-order chi connectivity index (χ1) is 4.46. The molecule has 0 saturated heterocycles. The van der Waals surface area contributed by atoms with Crippen molar-refractivity contribution in [2.45, 2.75) is 12.2 Å². The second-order valence-electron chi connectivity index (χ2n) is 1.53. The zero-order valence-electron chi connectivity index (χ0n) is 5.39. The summed E-state index contributed by atoms with van der Waals surface area (Å²) in [7, 11) is 0. The minimum absolute atomic E-state index is 0. The van der Waals surface area contributed by atoms with Gasteiger partial charge in [0.05, 0.1) is 11.9 Å². The summed E-state index contributed by atoms with van der Waals surface area (Å²) in [5.41, 5.74) is 0. The molecule has 0 aliphatic carbocycles.